The van der Waals surface area contributed by atoms with Crippen LogP contribution in [-0.4, -0.2) is 53.6 Å². The van der Waals surface area contributed by atoms with E-state index < -0.39 is 14.1 Å². The summed E-state index contributed by atoms with van der Waals surface area (Å²) in [5.41, 5.74) is 6.83. The number of nitrogens with two attached hydrogens (primary N) is 1. The third-order valence-corrected chi connectivity index (χ3v) is 11.4. The molecule has 0 aromatic carbocycles. The van der Waals surface area contributed by atoms with Gasteiger partial charge in [-0.3, -0.25) is 0 Å². The van der Waals surface area contributed by atoms with E-state index in [-0.39, 0.29) is 29.6 Å². The molecular formula is C20H31IN4O4Si. The first-order valence-electron chi connectivity index (χ1n) is 10.2. The van der Waals surface area contributed by atoms with Crippen LogP contribution in [0.1, 0.15) is 40.8 Å². The molecule has 10 heteroatoms. The zero-order valence-electron chi connectivity index (χ0n) is 18.6. The van der Waals surface area contributed by atoms with Crippen molar-refractivity contribution in [1.29, 1.82) is 0 Å². The molecular weight excluding hydrogens is 515 g/mol. The van der Waals surface area contributed by atoms with Gasteiger partial charge in [0.15, 0.2) is 24.2 Å². The fraction of sp³-hybridized carbons (Fsp3) is 0.700. The standard InChI is InChI=1S/C20H31IN4O4Si/c1-19(2,3)30(6,7)26-10-12-13-14(29-20(4,5)28-13)17(27-12)25-9-8-11-15(22)23-18(21)24-16(11)25/h8-9,12-14,17H,10H2,1-7H3,(H2,22,23,24)/t12-,13-,14-,17-/m1/s1. The van der Waals surface area contributed by atoms with Crippen molar-refractivity contribution in [3.63, 3.8) is 0 Å². The lowest BCUT2D eigenvalue weighted by molar-refractivity contribution is -0.199. The lowest BCUT2D eigenvalue weighted by Crippen LogP contribution is -2.44. The SMILES string of the molecule is CC1(C)O[C@@H]2[C@H](O1)[C@@H](CO[Si](C)(C)C(C)(C)C)O[C@H]2n1ccc2c(N)nc(I)nc21. The Morgan fingerprint density at radius 2 is 1.90 bits per heavy atom. The minimum atomic E-state index is -1.92. The minimum Gasteiger partial charge on any atom is -0.414 e. The molecule has 0 spiro atoms. The van der Waals surface area contributed by atoms with Crippen molar-refractivity contribution in [3.05, 3.63) is 16.1 Å². The Kier molecular flexibility index (Phi) is 5.51. The molecule has 4 rings (SSSR count). The molecule has 0 unspecified atom stereocenters. The first-order chi connectivity index (χ1) is 13.8. The molecule has 2 aromatic rings. The fourth-order valence-electron chi connectivity index (χ4n) is 3.76. The maximum Gasteiger partial charge on any atom is 0.194 e. The van der Waals surface area contributed by atoms with Gasteiger partial charge in [0.05, 0.1) is 12.0 Å². The minimum absolute atomic E-state index is 0.123. The number of hydrogen-bond donors (Lipinski definition) is 1. The van der Waals surface area contributed by atoms with Gasteiger partial charge in [-0.2, -0.15) is 0 Å². The molecule has 2 aliphatic heterocycles. The molecule has 2 aliphatic rings. The average molecular weight is 546 g/mol. The Bertz CT molecular complexity index is 958. The van der Waals surface area contributed by atoms with Gasteiger partial charge < -0.3 is 28.9 Å². The van der Waals surface area contributed by atoms with Crippen LogP contribution in [0.5, 0.6) is 0 Å². The summed E-state index contributed by atoms with van der Waals surface area (Å²) >= 11 is 2.07. The topological polar surface area (TPSA) is 93.7 Å². The third kappa shape index (κ3) is 3.90. The Labute approximate surface area is 192 Å². The van der Waals surface area contributed by atoms with Crippen LogP contribution < -0.4 is 5.73 Å². The molecule has 2 saturated heterocycles. The quantitative estimate of drug-likeness (QED) is 0.351. The van der Waals surface area contributed by atoms with Crippen molar-refractivity contribution in [2.24, 2.45) is 0 Å². The van der Waals surface area contributed by atoms with Crippen LogP contribution in [0.4, 0.5) is 5.82 Å². The summed E-state index contributed by atoms with van der Waals surface area (Å²) in [6, 6.07) is 1.92. The second-order valence-electron chi connectivity index (χ2n) is 10.0. The largest absolute Gasteiger partial charge is 0.414 e. The van der Waals surface area contributed by atoms with Gasteiger partial charge in [0.2, 0.25) is 0 Å². The third-order valence-electron chi connectivity index (χ3n) is 6.39. The summed E-state index contributed by atoms with van der Waals surface area (Å²) < 4.78 is 28.0. The lowest BCUT2D eigenvalue weighted by Gasteiger charge is -2.37. The molecule has 0 amide bonds. The molecule has 2 fully saturated rings. The summed E-state index contributed by atoms with van der Waals surface area (Å²) in [5.74, 6) is -0.225. The van der Waals surface area contributed by atoms with Crippen molar-refractivity contribution in [2.45, 2.75) is 83.1 Å². The monoisotopic (exact) mass is 546 g/mol. The van der Waals surface area contributed by atoms with Gasteiger partial charge >= 0.3 is 0 Å². The molecule has 0 radical (unpaired) electrons. The zero-order valence-corrected chi connectivity index (χ0v) is 21.8. The van der Waals surface area contributed by atoms with Crippen LogP contribution in [0.25, 0.3) is 11.0 Å². The number of ether oxygens (including phenoxy) is 3. The molecule has 2 N–H and O–H groups in total. The number of hydrogen-bond acceptors (Lipinski definition) is 7. The summed E-state index contributed by atoms with van der Waals surface area (Å²) in [6.07, 6.45) is 0.834. The van der Waals surface area contributed by atoms with Crippen LogP contribution in [0.2, 0.25) is 18.1 Å². The highest BCUT2D eigenvalue weighted by Gasteiger charge is 2.56. The Morgan fingerprint density at radius 3 is 2.57 bits per heavy atom. The summed E-state index contributed by atoms with van der Waals surface area (Å²) in [4.78, 5) is 8.85. The second-order valence-corrected chi connectivity index (χ2v) is 15.8. The number of aromatic nitrogens is 3. The normalized spacial score (nSPS) is 28.9. The van der Waals surface area contributed by atoms with Crippen LogP contribution >= 0.6 is 22.6 Å². The predicted octanol–water partition coefficient (Wildman–Crippen LogP) is 4.06. The smallest absolute Gasteiger partial charge is 0.194 e. The van der Waals surface area contributed by atoms with Crippen LogP contribution in [0, 0.1) is 3.83 Å². The van der Waals surface area contributed by atoms with Crippen molar-refractivity contribution in [3.8, 4) is 0 Å². The first-order valence-corrected chi connectivity index (χ1v) is 14.2. The molecule has 4 atom stereocenters. The van der Waals surface area contributed by atoms with Crippen molar-refractivity contribution >= 4 is 47.8 Å². The lowest BCUT2D eigenvalue weighted by atomic mass is 10.1. The van der Waals surface area contributed by atoms with Gasteiger partial charge in [-0.05, 0) is 38.0 Å². The molecule has 8 nitrogen and oxygen atoms in total. The Balaban J connectivity index is 1.64. The van der Waals surface area contributed by atoms with Gasteiger partial charge in [-0.15, -0.1) is 0 Å². The van der Waals surface area contributed by atoms with Crippen molar-refractivity contribution in [2.75, 3.05) is 12.3 Å². The number of halogens is 1. The van der Waals surface area contributed by atoms with E-state index in [9.17, 15) is 0 Å². The molecule has 166 valence electrons. The zero-order chi connectivity index (χ0) is 22.1. The maximum absolute atomic E-state index is 6.47. The highest BCUT2D eigenvalue weighted by Crippen LogP contribution is 2.45. The van der Waals surface area contributed by atoms with Gasteiger partial charge in [0.25, 0.3) is 0 Å². The second kappa shape index (κ2) is 7.38. The number of rotatable bonds is 4. The van der Waals surface area contributed by atoms with Gasteiger partial charge in [0, 0.05) is 28.8 Å². The molecule has 2 aromatic heterocycles. The van der Waals surface area contributed by atoms with Crippen molar-refractivity contribution < 1.29 is 18.6 Å². The summed E-state index contributed by atoms with van der Waals surface area (Å²) in [7, 11) is -1.92. The van der Waals surface area contributed by atoms with Crippen LogP contribution in [0.3, 0.4) is 0 Å². The molecule has 0 aliphatic carbocycles. The molecule has 30 heavy (non-hydrogen) atoms. The van der Waals surface area contributed by atoms with E-state index in [1.165, 1.54) is 0 Å². The van der Waals surface area contributed by atoms with E-state index in [0.29, 0.717) is 16.3 Å². The van der Waals surface area contributed by atoms with E-state index in [2.05, 4.69) is 66.4 Å². The Hall–Kier alpha value is -0.793. The van der Waals surface area contributed by atoms with Gasteiger partial charge in [0.1, 0.15) is 29.8 Å². The van der Waals surface area contributed by atoms with E-state index in [1.807, 2.05) is 30.7 Å². The average Bonchev–Trinajstić information content (AvgIpc) is 3.23. The van der Waals surface area contributed by atoms with Gasteiger partial charge in [-0.1, -0.05) is 20.8 Å². The maximum atomic E-state index is 6.47. The van der Waals surface area contributed by atoms with Crippen molar-refractivity contribution in [1.82, 2.24) is 14.5 Å². The predicted molar refractivity (Wildman–Crippen MR) is 126 cm³/mol. The molecule has 0 saturated carbocycles. The van der Waals surface area contributed by atoms with Crippen LogP contribution in [-0.2, 0) is 18.6 Å². The summed E-state index contributed by atoms with van der Waals surface area (Å²) in [5, 5.41) is 0.924. The van der Waals surface area contributed by atoms with E-state index in [1.54, 1.807) is 0 Å². The highest BCUT2D eigenvalue weighted by molar-refractivity contribution is 14.1. The fourth-order valence-corrected chi connectivity index (χ4v) is 5.26. The van der Waals surface area contributed by atoms with Crippen LogP contribution in [0.15, 0.2) is 12.3 Å². The molecule has 0 bridgehead atoms. The van der Waals surface area contributed by atoms with E-state index in [0.717, 1.165) is 11.0 Å². The first kappa shape index (κ1) is 22.4. The number of nitrogens with zero attached hydrogens (tertiary/aromatic N) is 3. The Morgan fingerprint density at radius 1 is 1.23 bits per heavy atom. The number of anilines is 1. The number of fused-ring (bicyclic) bond motifs is 2. The van der Waals surface area contributed by atoms with E-state index in [4.69, 9.17) is 24.4 Å². The summed E-state index contributed by atoms with van der Waals surface area (Å²) in [6.45, 7) is 15.5. The molecule has 4 heterocycles. The highest BCUT2D eigenvalue weighted by atomic mass is 127. The van der Waals surface area contributed by atoms with E-state index >= 15 is 0 Å². The van der Waals surface area contributed by atoms with Gasteiger partial charge in [-0.25, -0.2) is 9.97 Å². The number of nitrogen functional groups attached to an aromatic ring is 1.